The van der Waals surface area contributed by atoms with Gasteiger partial charge < -0.3 is 10.2 Å². The summed E-state index contributed by atoms with van der Waals surface area (Å²) in [5, 5.41) is 11.7. The highest BCUT2D eigenvalue weighted by Gasteiger charge is 2.26. The van der Waals surface area contributed by atoms with Crippen LogP contribution in [0.25, 0.3) is 10.8 Å². The van der Waals surface area contributed by atoms with Gasteiger partial charge in [0.25, 0.3) is 11.5 Å². The second kappa shape index (κ2) is 8.03. The molecular weight excluding hydrogens is 366 g/mol. The maximum Gasteiger partial charge on any atom is 0.272 e. The topological polar surface area (TPSA) is 91.0 Å². The zero-order chi connectivity index (χ0) is 20.4. The van der Waals surface area contributed by atoms with Crippen LogP contribution in [-0.4, -0.2) is 41.2 Å². The molecule has 1 aliphatic rings. The molecule has 0 saturated heterocycles. The lowest BCUT2D eigenvalue weighted by atomic mass is 9.82. The van der Waals surface area contributed by atoms with Gasteiger partial charge in [0, 0.05) is 37.6 Å². The number of carbonyl (C=O) groups is 1. The SMILES string of the molecule is CN(C)c1ccc(C(=O)NC2CCC(c3n[nH]c(=O)c4ccccc34)CC2)cn1. The summed E-state index contributed by atoms with van der Waals surface area (Å²) in [7, 11) is 3.84. The summed E-state index contributed by atoms with van der Waals surface area (Å²) in [5.41, 5.74) is 1.37. The molecule has 2 aromatic heterocycles. The van der Waals surface area contributed by atoms with Crippen LogP contribution in [0.15, 0.2) is 47.4 Å². The number of amides is 1. The van der Waals surface area contributed by atoms with Crippen molar-refractivity contribution in [2.24, 2.45) is 0 Å². The smallest absolute Gasteiger partial charge is 0.272 e. The molecule has 0 atom stereocenters. The van der Waals surface area contributed by atoms with Gasteiger partial charge in [-0.3, -0.25) is 9.59 Å². The van der Waals surface area contributed by atoms with E-state index in [1.807, 2.05) is 49.3 Å². The Balaban J connectivity index is 1.40. The van der Waals surface area contributed by atoms with Gasteiger partial charge in [-0.1, -0.05) is 18.2 Å². The molecule has 29 heavy (non-hydrogen) atoms. The van der Waals surface area contributed by atoms with Crippen LogP contribution in [0.3, 0.4) is 0 Å². The molecule has 1 aromatic carbocycles. The molecule has 4 rings (SSSR count). The highest BCUT2D eigenvalue weighted by Crippen LogP contribution is 2.34. The monoisotopic (exact) mass is 391 g/mol. The fraction of sp³-hybridized carbons (Fsp3) is 0.364. The third kappa shape index (κ3) is 3.99. The molecule has 1 amide bonds. The second-order valence-corrected chi connectivity index (χ2v) is 7.81. The number of aromatic nitrogens is 3. The molecule has 0 spiro atoms. The van der Waals surface area contributed by atoms with Crippen LogP contribution in [-0.2, 0) is 0 Å². The number of rotatable bonds is 4. The number of hydrogen-bond donors (Lipinski definition) is 2. The maximum absolute atomic E-state index is 12.5. The highest BCUT2D eigenvalue weighted by atomic mass is 16.1. The molecule has 7 heteroatoms. The molecule has 1 aliphatic carbocycles. The van der Waals surface area contributed by atoms with E-state index in [1.54, 1.807) is 12.3 Å². The first kappa shape index (κ1) is 19.1. The molecule has 0 radical (unpaired) electrons. The Kier molecular flexibility index (Phi) is 5.29. The summed E-state index contributed by atoms with van der Waals surface area (Å²) in [6.07, 6.45) is 5.23. The van der Waals surface area contributed by atoms with Gasteiger partial charge in [0.15, 0.2) is 0 Å². The number of anilines is 1. The van der Waals surface area contributed by atoms with Crippen molar-refractivity contribution in [2.45, 2.75) is 37.6 Å². The first-order valence-electron chi connectivity index (χ1n) is 9.94. The lowest BCUT2D eigenvalue weighted by Crippen LogP contribution is -2.37. The maximum atomic E-state index is 12.5. The van der Waals surface area contributed by atoms with E-state index < -0.39 is 0 Å². The number of H-pyrrole nitrogens is 1. The molecule has 0 bridgehead atoms. The molecule has 2 heterocycles. The molecule has 2 N–H and O–H groups in total. The average molecular weight is 391 g/mol. The number of nitrogens with one attached hydrogen (secondary N) is 2. The minimum absolute atomic E-state index is 0.0844. The van der Waals surface area contributed by atoms with Crippen LogP contribution < -0.4 is 15.8 Å². The van der Waals surface area contributed by atoms with E-state index in [9.17, 15) is 9.59 Å². The summed E-state index contributed by atoms with van der Waals surface area (Å²) < 4.78 is 0. The Morgan fingerprint density at radius 1 is 1.07 bits per heavy atom. The summed E-state index contributed by atoms with van der Waals surface area (Å²) in [4.78, 5) is 30.8. The number of hydrogen-bond acceptors (Lipinski definition) is 5. The Labute approximate surface area is 169 Å². The normalized spacial score (nSPS) is 19.1. The van der Waals surface area contributed by atoms with Crippen molar-refractivity contribution in [3.8, 4) is 0 Å². The quantitative estimate of drug-likeness (QED) is 0.714. The number of benzene rings is 1. The van der Waals surface area contributed by atoms with E-state index in [0.29, 0.717) is 10.9 Å². The van der Waals surface area contributed by atoms with Crippen molar-refractivity contribution in [2.75, 3.05) is 19.0 Å². The fourth-order valence-corrected chi connectivity index (χ4v) is 4.01. The summed E-state index contributed by atoms with van der Waals surface area (Å²) in [6.45, 7) is 0. The van der Waals surface area contributed by atoms with Crippen molar-refractivity contribution in [1.29, 1.82) is 0 Å². The fourth-order valence-electron chi connectivity index (χ4n) is 4.01. The Bertz CT molecular complexity index is 1070. The van der Waals surface area contributed by atoms with E-state index in [2.05, 4.69) is 20.5 Å². The number of nitrogens with zero attached hydrogens (tertiary/aromatic N) is 3. The number of fused-ring (bicyclic) bond motifs is 1. The van der Waals surface area contributed by atoms with Crippen molar-refractivity contribution >= 4 is 22.5 Å². The van der Waals surface area contributed by atoms with Gasteiger partial charge in [0.05, 0.1) is 16.6 Å². The molecule has 0 aliphatic heterocycles. The second-order valence-electron chi connectivity index (χ2n) is 7.81. The first-order valence-corrected chi connectivity index (χ1v) is 9.94. The van der Waals surface area contributed by atoms with Gasteiger partial charge in [0.1, 0.15) is 5.82 Å². The largest absolute Gasteiger partial charge is 0.363 e. The average Bonchev–Trinajstić information content (AvgIpc) is 2.75. The van der Waals surface area contributed by atoms with Gasteiger partial charge >= 0.3 is 0 Å². The summed E-state index contributed by atoms with van der Waals surface area (Å²) in [6, 6.07) is 11.4. The van der Waals surface area contributed by atoms with Crippen LogP contribution in [0, 0.1) is 0 Å². The molecule has 150 valence electrons. The number of pyridine rings is 1. The zero-order valence-corrected chi connectivity index (χ0v) is 16.7. The molecule has 7 nitrogen and oxygen atoms in total. The van der Waals surface area contributed by atoms with Gasteiger partial charge in [-0.05, 0) is 43.9 Å². The molecule has 0 unspecified atom stereocenters. The van der Waals surface area contributed by atoms with Crippen LogP contribution in [0.5, 0.6) is 0 Å². The minimum atomic E-state index is -0.154. The van der Waals surface area contributed by atoms with Crippen LogP contribution in [0.4, 0.5) is 5.82 Å². The molecule has 1 saturated carbocycles. The van der Waals surface area contributed by atoms with Crippen molar-refractivity contribution in [1.82, 2.24) is 20.5 Å². The van der Waals surface area contributed by atoms with Gasteiger partial charge in [-0.25, -0.2) is 10.1 Å². The van der Waals surface area contributed by atoms with E-state index >= 15 is 0 Å². The first-order chi connectivity index (χ1) is 14.0. The standard InChI is InChI=1S/C22H25N5O2/c1-27(2)19-12-9-15(13-23-19)21(28)24-16-10-7-14(8-11-16)20-17-5-3-4-6-18(17)22(29)26-25-20/h3-6,9,12-14,16H,7-8,10-11H2,1-2H3,(H,24,28)(H,26,29). The van der Waals surface area contributed by atoms with Gasteiger partial charge in [-0.15, -0.1) is 0 Å². The lowest BCUT2D eigenvalue weighted by molar-refractivity contribution is 0.0925. The molecule has 3 aromatic rings. The predicted octanol–water partition coefficient (Wildman–Crippen LogP) is 2.84. The number of aromatic amines is 1. The minimum Gasteiger partial charge on any atom is -0.363 e. The van der Waals surface area contributed by atoms with Crippen LogP contribution in [0.2, 0.25) is 0 Å². The van der Waals surface area contributed by atoms with E-state index in [0.717, 1.165) is 42.6 Å². The Morgan fingerprint density at radius 2 is 1.79 bits per heavy atom. The van der Waals surface area contributed by atoms with Crippen molar-refractivity contribution in [3.05, 3.63) is 64.2 Å². The van der Waals surface area contributed by atoms with Gasteiger partial charge in [-0.2, -0.15) is 5.10 Å². The third-order valence-electron chi connectivity index (χ3n) is 5.64. The van der Waals surface area contributed by atoms with Gasteiger partial charge in [0.2, 0.25) is 0 Å². The molecular formula is C22H25N5O2. The third-order valence-corrected chi connectivity index (χ3v) is 5.64. The van der Waals surface area contributed by atoms with E-state index in [1.165, 1.54) is 0 Å². The van der Waals surface area contributed by atoms with Crippen LogP contribution in [0.1, 0.15) is 47.7 Å². The highest BCUT2D eigenvalue weighted by molar-refractivity contribution is 5.94. The van der Waals surface area contributed by atoms with Crippen molar-refractivity contribution < 1.29 is 4.79 Å². The zero-order valence-electron chi connectivity index (χ0n) is 16.7. The molecule has 1 fully saturated rings. The summed E-state index contributed by atoms with van der Waals surface area (Å²) >= 11 is 0. The Hall–Kier alpha value is -3.22. The van der Waals surface area contributed by atoms with E-state index in [-0.39, 0.29) is 23.4 Å². The lowest BCUT2D eigenvalue weighted by Gasteiger charge is -2.29. The van der Waals surface area contributed by atoms with Crippen LogP contribution >= 0.6 is 0 Å². The number of carbonyl (C=O) groups excluding carboxylic acids is 1. The Morgan fingerprint density at radius 3 is 2.45 bits per heavy atom. The summed E-state index contributed by atoms with van der Waals surface area (Å²) in [5.74, 6) is 1.02. The van der Waals surface area contributed by atoms with Crippen molar-refractivity contribution in [3.63, 3.8) is 0 Å². The van der Waals surface area contributed by atoms with E-state index in [4.69, 9.17) is 0 Å². The predicted molar refractivity (Wildman–Crippen MR) is 113 cm³/mol.